The first-order valence-electron chi connectivity index (χ1n) is 7.30. The summed E-state index contributed by atoms with van der Waals surface area (Å²) in [5.41, 5.74) is -1.25. The summed E-state index contributed by atoms with van der Waals surface area (Å²) in [5.74, 6) is 0. The first-order chi connectivity index (χ1) is 9.29. The van der Waals surface area contributed by atoms with Gasteiger partial charge in [-0.05, 0) is 33.7 Å². The van der Waals surface area contributed by atoms with Gasteiger partial charge in [0.2, 0.25) is 0 Å². The van der Waals surface area contributed by atoms with Gasteiger partial charge in [0.25, 0.3) is 0 Å². The molecule has 6 heteroatoms. The molecule has 20 heavy (non-hydrogen) atoms. The zero-order valence-corrected chi connectivity index (χ0v) is 12.6. The number of ether oxygens (including phenoxy) is 2. The Balaban J connectivity index is 1.99. The minimum Gasteiger partial charge on any atom is -0.444 e. The van der Waals surface area contributed by atoms with Crippen molar-refractivity contribution in [3.63, 3.8) is 0 Å². The fourth-order valence-electron chi connectivity index (χ4n) is 2.73. The third-order valence-corrected chi connectivity index (χ3v) is 3.69. The quantitative estimate of drug-likeness (QED) is 0.783. The van der Waals surface area contributed by atoms with Crippen molar-refractivity contribution in [2.24, 2.45) is 0 Å². The van der Waals surface area contributed by atoms with E-state index in [4.69, 9.17) is 9.47 Å². The van der Waals surface area contributed by atoms with Gasteiger partial charge in [0.15, 0.2) is 0 Å². The molecule has 2 rings (SSSR count). The van der Waals surface area contributed by atoms with Crippen molar-refractivity contribution in [3.8, 4) is 0 Å². The Bertz CT molecular complexity index is 348. The van der Waals surface area contributed by atoms with Crippen LogP contribution in [0, 0.1) is 0 Å². The van der Waals surface area contributed by atoms with Crippen LogP contribution in [0.25, 0.3) is 0 Å². The lowest BCUT2D eigenvalue weighted by Crippen LogP contribution is -2.53. The predicted octanol–water partition coefficient (Wildman–Crippen LogP) is 0.737. The maximum absolute atomic E-state index is 12.3. The Hall–Kier alpha value is -0.850. The van der Waals surface area contributed by atoms with Gasteiger partial charge in [-0.3, -0.25) is 0 Å². The Morgan fingerprint density at radius 2 is 2.30 bits per heavy atom. The molecule has 0 radical (unpaired) electrons. The van der Waals surface area contributed by atoms with Gasteiger partial charge >= 0.3 is 6.09 Å². The van der Waals surface area contributed by atoms with Gasteiger partial charge < -0.3 is 24.8 Å². The van der Waals surface area contributed by atoms with E-state index in [9.17, 15) is 9.90 Å². The molecule has 0 saturated carbocycles. The summed E-state index contributed by atoms with van der Waals surface area (Å²) < 4.78 is 10.9. The monoisotopic (exact) mass is 286 g/mol. The van der Waals surface area contributed by atoms with Crippen LogP contribution in [-0.2, 0) is 9.47 Å². The minimum atomic E-state index is -0.744. The lowest BCUT2D eigenvalue weighted by molar-refractivity contribution is -0.0573. The number of nitrogens with one attached hydrogen (secondary N) is 1. The standard InChI is InChI=1S/C14H26N2O4/c1-13(2,3)20-12(17)16-6-7-19-9-11(16)8-14(18)4-5-15-10-14/h11,15,18H,4-10H2,1-3H3. The second-order valence-electron chi connectivity index (χ2n) is 6.76. The average Bonchev–Trinajstić information content (AvgIpc) is 2.74. The van der Waals surface area contributed by atoms with Crippen LogP contribution < -0.4 is 5.32 Å². The molecular weight excluding hydrogens is 260 g/mol. The third-order valence-electron chi connectivity index (χ3n) is 3.69. The topological polar surface area (TPSA) is 71.0 Å². The number of β-amino-alcohol motifs (C(OH)–C–C–N with tert-alkyl or cyclic N) is 1. The van der Waals surface area contributed by atoms with Gasteiger partial charge in [0.05, 0.1) is 24.9 Å². The molecule has 2 fully saturated rings. The maximum atomic E-state index is 12.3. The van der Waals surface area contributed by atoms with Gasteiger partial charge in [-0.1, -0.05) is 0 Å². The second-order valence-corrected chi connectivity index (χ2v) is 6.76. The van der Waals surface area contributed by atoms with Crippen LogP contribution in [0.2, 0.25) is 0 Å². The number of carbonyl (C=O) groups is 1. The van der Waals surface area contributed by atoms with Crippen LogP contribution in [0.5, 0.6) is 0 Å². The second kappa shape index (κ2) is 5.87. The predicted molar refractivity (Wildman–Crippen MR) is 74.6 cm³/mol. The molecule has 2 heterocycles. The molecule has 2 atom stereocenters. The highest BCUT2D eigenvalue weighted by Crippen LogP contribution is 2.25. The van der Waals surface area contributed by atoms with E-state index in [-0.39, 0.29) is 12.1 Å². The van der Waals surface area contributed by atoms with E-state index < -0.39 is 11.2 Å². The van der Waals surface area contributed by atoms with Gasteiger partial charge in [0.1, 0.15) is 5.60 Å². The highest BCUT2D eigenvalue weighted by molar-refractivity contribution is 5.68. The van der Waals surface area contributed by atoms with Crippen LogP contribution in [0.4, 0.5) is 4.79 Å². The van der Waals surface area contributed by atoms with E-state index in [0.29, 0.717) is 39.1 Å². The van der Waals surface area contributed by atoms with Crippen molar-refractivity contribution < 1.29 is 19.4 Å². The largest absolute Gasteiger partial charge is 0.444 e. The lowest BCUT2D eigenvalue weighted by Gasteiger charge is -2.39. The molecule has 1 amide bonds. The molecule has 2 unspecified atom stereocenters. The summed E-state index contributed by atoms with van der Waals surface area (Å²) in [6.45, 7) is 8.46. The Morgan fingerprint density at radius 1 is 1.55 bits per heavy atom. The Morgan fingerprint density at radius 3 is 2.90 bits per heavy atom. The van der Waals surface area contributed by atoms with Gasteiger partial charge in [-0.15, -0.1) is 0 Å². The number of hydrogen-bond acceptors (Lipinski definition) is 5. The fourth-order valence-corrected chi connectivity index (χ4v) is 2.73. The van der Waals surface area contributed by atoms with E-state index in [1.807, 2.05) is 20.8 Å². The summed E-state index contributed by atoms with van der Waals surface area (Å²) >= 11 is 0. The van der Waals surface area contributed by atoms with E-state index in [1.165, 1.54) is 0 Å². The molecule has 0 aromatic rings. The first kappa shape index (κ1) is 15.5. The van der Waals surface area contributed by atoms with Crippen LogP contribution in [0.1, 0.15) is 33.6 Å². The molecule has 6 nitrogen and oxygen atoms in total. The normalized spacial score (nSPS) is 31.4. The highest BCUT2D eigenvalue weighted by Gasteiger charge is 2.39. The Labute approximate surface area is 120 Å². The summed E-state index contributed by atoms with van der Waals surface area (Å²) in [6, 6.07) is -0.122. The molecule has 2 aliphatic heterocycles. The average molecular weight is 286 g/mol. The van der Waals surface area contributed by atoms with E-state index >= 15 is 0 Å². The third kappa shape index (κ3) is 4.07. The number of morpholine rings is 1. The number of carbonyl (C=O) groups excluding carboxylic acids is 1. The molecule has 0 aromatic heterocycles. The van der Waals surface area contributed by atoms with Crippen molar-refractivity contribution in [1.82, 2.24) is 10.2 Å². The van der Waals surface area contributed by atoms with Crippen LogP contribution >= 0.6 is 0 Å². The smallest absolute Gasteiger partial charge is 0.410 e. The van der Waals surface area contributed by atoms with Crippen LogP contribution in [-0.4, -0.2) is 66.2 Å². The summed E-state index contributed by atoms with van der Waals surface area (Å²) in [6.07, 6.45) is 0.922. The summed E-state index contributed by atoms with van der Waals surface area (Å²) in [4.78, 5) is 14.0. The zero-order chi connectivity index (χ0) is 14.8. The van der Waals surface area contributed by atoms with Crippen LogP contribution in [0.3, 0.4) is 0 Å². The summed E-state index contributed by atoms with van der Waals surface area (Å²) in [5, 5.41) is 13.6. The number of aliphatic hydroxyl groups is 1. The molecule has 0 spiro atoms. The SMILES string of the molecule is CC(C)(C)OC(=O)N1CCOCC1CC1(O)CCNC1. The molecule has 0 aliphatic carbocycles. The maximum Gasteiger partial charge on any atom is 0.410 e. The van der Waals surface area contributed by atoms with Crippen molar-refractivity contribution in [2.75, 3.05) is 32.8 Å². The first-order valence-corrected chi connectivity index (χ1v) is 7.30. The molecule has 0 aromatic carbocycles. The number of amides is 1. The molecular formula is C14H26N2O4. The Kier molecular flexibility index (Phi) is 4.56. The molecule has 2 saturated heterocycles. The molecule has 2 aliphatic rings. The van der Waals surface area contributed by atoms with Crippen molar-refractivity contribution in [3.05, 3.63) is 0 Å². The highest BCUT2D eigenvalue weighted by atomic mass is 16.6. The molecule has 2 N–H and O–H groups in total. The summed E-state index contributed by atoms with van der Waals surface area (Å²) in [7, 11) is 0. The minimum absolute atomic E-state index is 0.122. The van der Waals surface area contributed by atoms with E-state index in [1.54, 1.807) is 4.90 Å². The molecule has 116 valence electrons. The number of rotatable bonds is 2. The van der Waals surface area contributed by atoms with Crippen molar-refractivity contribution in [1.29, 1.82) is 0 Å². The zero-order valence-electron chi connectivity index (χ0n) is 12.6. The number of nitrogens with zero attached hydrogens (tertiary/aromatic N) is 1. The van der Waals surface area contributed by atoms with Crippen molar-refractivity contribution >= 4 is 6.09 Å². The van der Waals surface area contributed by atoms with Crippen LogP contribution in [0.15, 0.2) is 0 Å². The van der Waals surface area contributed by atoms with Crippen molar-refractivity contribution in [2.45, 2.75) is 50.9 Å². The lowest BCUT2D eigenvalue weighted by atomic mass is 9.93. The fraction of sp³-hybridized carbons (Fsp3) is 0.929. The van der Waals surface area contributed by atoms with Gasteiger partial charge in [0, 0.05) is 19.5 Å². The number of hydrogen-bond donors (Lipinski definition) is 2. The molecule has 0 bridgehead atoms. The van der Waals surface area contributed by atoms with Gasteiger partial charge in [-0.2, -0.15) is 0 Å². The van der Waals surface area contributed by atoms with Gasteiger partial charge in [-0.25, -0.2) is 4.79 Å². The van der Waals surface area contributed by atoms with E-state index in [2.05, 4.69) is 5.32 Å². The van der Waals surface area contributed by atoms with E-state index in [0.717, 1.165) is 6.54 Å².